The van der Waals surface area contributed by atoms with E-state index in [9.17, 15) is 13.2 Å². The quantitative estimate of drug-likeness (QED) is 0.610. The van der Waals surface area contributed by atoms with Crippen LogP contribution in [0.25, 0.3) is 0 Å². The number of amides is 1. The van der Waals surface area contributed by atoms with E-state index in [1.165, 1.54) is 0 Å². The van der Waals surface area contributed by atoms with Gasteiger partial charge in [0.1, 0.15) is 0 Å². The first kappa shape index (κ1) is 20.8. The topological polar surface area (TPSA) is 75.3 Å². The van der Waals surface area contributed by atoms with Gasteiger partial charge in [0.15, 0.2) is 0 Å². The van der Waals surface area contributed by atoms with Gasteiger partial charge in [-0.15, -0.1) is 0 Å². The van der Waals surface area contributed by atoms with Crippen LogP contribution in [-0.2, 0) is 14.8 Å². The predicted molar refractivity (Wildman–Crippen MR) is 115 cm³/mol. The molecule has 0 radical (unpaired) electrons. The van der Waals surface area contributed by atoms with Gasteiger partial charge in [-0.1, -0.05) is 66.2 Å². The minimum Gasteiger partial charge on any atom is -0.326 e. The molecule has 0 saturated heterocycles. The van der Waals surface area contributed by atoms with Crippen LogP contribution in [0.4, 0.5) is 5.69 Å². The maximum Gasteiger partial charge on any atom is 0.241 e. The van der Waals surface area contributed by atoms with E-state index in [1.54, 1.807) is 24.3 Å². The highest BCUT2D eigenvalue weighted by atomic mass is 32.2. The van der Waals surface area contributed by atoms with Crippen LogP contribution < -0.4 is 10.0 Å². The molecule has 5 nitrogen and oxygen atoms in total. The number of hydrogen-bond acceptors (Lipinski definition) is 3. The van der Waals surface area contributed by atoms with Gasteiger partial charge in [0.05, 0.1) is 10.9 Å². The number of carbonyl (C=O) groups is 1. The normalized spacial score (nSPS) is 12.3. The molecule has 0 heterocycles. The number of aryl methyl sites for hydroxylation is 2. The SMILES string of the molecule is Cc1ccc(S(=O)(=O)N[C@@H](CC(=O)Nc2ccccc2C)c2ccccc2)cc1. The second-order valence-electron chi connectivity index (χ2n) is 6.96. The number of benzene rings is 3. The molecule has 29 heavy (non-hydrogen) atoms. The van der Waals surface area contributed by atoms with E-state index in [1.807, 2.05) is 68.4 Å². The van der Waals surface area contributed by atoms with E-state index in [4.69, 9.17) is 0 Å². The number of rotatable bonds is 7. The summed E-state index contributed by atoms with van der Waals surface area (Å²) in [7, 11) is -3.78. The molecule has 1 atom stereocenters. The fourth-order valence-corrected chi connectivity index (χ4v) is 4.21. The predicted octanol–water partition coefficient (Wildman–Crippen LogP) is 4.35. The standard InChI is InChI=1S/C23H24N2O3S/c1-17-12-14-20(15-13-17)29(27,28)25-22(19-9-4-3-5-10-19)16-23(26)24-21-11-7-6-8-18(21)2/h3-15,22,25H,16H2,1-2H3,(H,24,26)/t22-/m0/s1. The van der Waals surface area contributed by atoms with Crippen molar-refractivity contribution in [2.45, 2.75) is 31.2 Å². The lowest BCUT2D eigenvalue weighted by molar-refractivity contribution is -0.116. The fraction of sp³-hybridized carbons (Fsp3) is 0.174. The maximum atomic E-state index is 12.9. The van der Waals surface area contributed by atoms with Gasteiger partial charge in [-0.05, 0) is 43.2 Å². The second kappa shape index (κ2) is 9.03. The lowest BCUT2D eigenvalue weighted by Gasteiger charge is -2.19. The molecule has 0 aliphatic carbocycles. The third-order valence-corrected chi connectivity index (χ3v) is 6.13. The summed E-state index contributed by atoms with van der Waals surface area (Å²) in [5.74, 6) is -0.264. The fourth-order valence-electron chi connectivity index (χ4n) is 2.99. The summed E-state index contributed by atoms with van der Waals surface area (Å²) in [5, 5.41) is 2.87. The summed E-state index contributed by atoms with van der Waals surface area (Å²) in [5.41, 5.74) is 3.35. The Balaban J connectivity index is 1.82. The Bertz CT molecular complexity index is 1080. The van der Waals surface area contributed by atoms with Crippen LogP contribution in [0.5, 0.6) is 0 Å². The average molecular weight is 409 g/mol. The monoisotopic (exact) mass is 408 g/mol. The van der Waals surface area contributed by atoms with Crippen LogP contribution in [0.2, 0.25) is 0 Å². The van der Waals surface area contributed by atoms with E-state index in [0.29, 0.717) is 5.69 Å². The van der Waals surface area contributed by atoms with E-state index < -0.39 is 16.1 Å². The highest BCUT2D eigenvalue weighted by Gasteiger charge is 2.24. The van der Waals surface area contributed by atoms with Gasteiger partial charge in [0.25, 0.3) is 0 Å². The summed E-state index contributed by atoms with van der Waals surface area (Å²) >= 11 is 0. The molecule has 6 heteroatoms. The third kappa shape index (κ3) is 5.53. The van der Waals surface area contributed by atoms with Crippen molar-refractivity contribution in [3.05, 3.63) is 95.6 Å². The van der Waals surface area contributed by atoms with Crippen molar-refractivity contribution < 1.29 is 13.2 Å². The van der Waals surface area contributed by atoms with Gasteiger partial charge in [-0.2, -0.15) is 0 Å². The van der Waals surface area contributed by atoms with Gasteiger partial charge < -0.3 is 5.32 Å². The number of para-hydroxylation sites is 1. The lowest BCUT2D eigenvalue weighted by atomic mass is 10.0. The smallest absolute Gasteiger partial charge is 0.241 e. The first-order chi connectivity index (χ1) is 13.8. The summed E-state index contributed by atoms with van der Waals surface area (Å²) in [6, 6.07) is 22.5. The molecule has 0 fully saturated rings. The zero-order valence-corrected chi connectivity index (χ0v) is 17.2. The Labute approximate surface area is 171 Å². The van der Waals surface area contributed by atoms with Crippen LogP contribution in [0.3, 0.4) is 0 Å². The number of nitrogens with one attached hydrogen (secondary N) is 2. The summed E-state index contributed by atoms with van der Waals surface area (Å²) in [6.07, 6.45) is -0.0244. The molecule has 0 aliphatic rings. The van der Waals surface area contributed by atoms with Gasteiger partial charge in [-0.3, -0.25) is 4.79 Å². The van der Waals surface area contributed by atoms with Crippen molar-refractivity contribution in [1.82, 2.24) is 4.72 Å². The summed E-state index contributed by atoms with van der Waals surface area (Å²) in [4.78, 5) is 12.8. The van der Waals surface area contributed by atoms with Crippen molar-refractivity contribution in [2.75, 3.05) is 5.32 Å². The highest BCUT2D eigenvalue weighted by molar-refractivity contribution is 7.89. The molecule has 3 aromatic carbocycles. The number of sulfonamides is 1. The number of anilines is 1. The molecule has 0 saturated carbocycles. The highest BCUT2D eigenvalue weighted by Crippen LogP contribution is 2.22. The Morgan fingerprint density at radius 3 is 2.14 bits per heavy atom. The molecule has 150 valence electrons. The van der Waals surface area contributed by atoms with E-state index in [2.05, 4.69) is 10.0 Å². The molecule has 3 rings (SSSR count). The average Bonchev–Trinajstić information content (AvgIpc) is 2.70. The van der Waals surface area contributed by atoms with E-state index in [-0.39, 0.29) is 17.2 Å². The van der Waals surface area contributed by atoms with Crippen molar-refractivity contribution in [3.63, 3.8) is 0 Å². The van der Waals surface area contributed by atoms with Crippen molar-refractivity contribution in [3.8, 4) is 0 Å². The number of hydrogen-bond donors (Lipinski definition) is 2. The molecule has 0 aromatic heterocycles. The molecule has 0 unspecified atom stereocenters. The zero-order chi connectivity index (χ0) is 20.9. The van der Waals surface area contributed by atoms with E-state index in [0.717, 1.165) is 16.7 Å². The maximum absolute atomic E-state index is 12.9. The largest absolute Gasteiger partial charge is 0.326 e. The van der Waals surface area contributed by atoms with Crippen molar-refractivity contribution in [2.24, 2.45) is 0 Å². The van der Waals surface area contributed by atoms with Crippen LogP contribution >= 0.6 is 0 Å². The second-order valence-corrected chi connectivity index (χ2v) is 8.68. The Kier molecular flexibility index (Phi) is 6.46. The van der Waals surface area contributed by atoms with Gasteiger partial charge in [0.2, 0.25) is 15.9 Å². The molecule has 0 bridgehead atoms. The summed E-state index contributed by atoms with van der Waals surface area (Å²) < 4.78 is 28.4. The summed E-state index contributed by atoms with van der Waals surface area (Å²) in [6.45, 7) is 3.80. The zero-order valence-electron chi connectivity index (χ0n) is 16.4. The minimum atomic E-state index is -3.78. The minimum absolute atomic E-state index is 0.0244. The van der Waals surface area contributed by atoms with Gasteiger partial charge in [0, 0.05) is 12.1 Å². The molecule has 0 aliphatic heterocycles. The Hall–Kier alpha value is -2.96. The lowest BCUT2D eigenvalue weighted by Crippen LogP contribution is -2.31. The molecule has 2 N–H and O–H groups in total. The van der Waals surface area contributed by atoms with Crippen LogP contribution in [0.15, 0.2) is 83.8 Å². The molecule has 3 aromatic rings. The van der Waals surface area contributed by atoms with Crippen LogP contribution in [0, 0.1) is 13.8 Å². The van der Waals surface area contributed by atoms with Gasteiger partial charge in [-0.25, -0.2) is 13.1 Å². The molecular formula is C23H24N2O3S. The molecule has 1 amide bonds. The van der Waals surface area contributed by atoms with Gasteiger partial charge >= 0.3 is 0 Å². The molecular weight excluding hydrogens is 384 g/mol. The van der Waals surface area contributed by atoms with Crippen LogP contribution in [0.1, 0.15) is 29.2 Å². The Morgan fingerprint density at radius 2 is 1.48 bits per heavy atom. The van der Waals surface area contributed by atoms with Crippen molar-refractivity contribution in [1.29, 1.82) is 0 Å². The van der Waals surface area contributed by atoms with E-state index >= 15 is 0 Å². The van der Waals surface area contributed by atoms with Crippen molar-refractivity contribution >= 4 is 21.6 Å². The number of carbonyl (C=O) groups excluding carboxylic acids is 1. The third-order valence-electron chi connectivity index (χ3n) is 4.64. The first-order valence-corrected chi connectivity index (χ1v) is 10.8. The first-order valence-electron chi connectivity index (χ1n) is 9.34. The van der Waals surface area contributed by atoms with Crippen LogP contribution in [-0.4, -0.2) is 14.3 Å². The molecule has 0 spiro atoms. The Morgan fingerprint density at radius 1 is 0.862 bits per heavy atom.